The van der Waals surface area contributed by atoms with Crippen LogP contribution in [0.5, 0.6) is 0 Å². The van der Waals surface area contributed by atoms with E-state index in [1.165, 1.54) is 19.3 Å². The van der Waals surface area contributed by atoms with Gasteiger partial charge in [0.2, 0.25) is 0 Å². The van der Waals surface area contributed by atoms with Gasteiger partial charge in [0, 0.05) is 19.2 Å². The Kier molecular flexibility index (Phi) is 5.89. The molecule has 0 amide bonds. The highest BCUT2D eigenvalue weighted by molar-refractivity contribution is 4.75. The number of rotatable bonds is 6. The molecule has 1 saturated heterocycles. The zero-order valence-electron chi connectivity index (χ0n) is 11.4. The molecule has 4 nitrogen and oxygen atoms in total. The Bertz CT molecular complexity index is 231. The van der Waals surface area contributed by atoms with Crippen LogP contribution in [0.3, 0.4) is 0 Å². The number of hydrogen-bond donors (Lipinski definition) is 2. The Morgan fingerprint density at radius 3 is 2.89 bits per heavy atom. The van der Waals surface area contributed by atoms with Gasteiger partial charge in [-0.1, -0.05) is 19.8 Å². The highest BCUT2D eigenvalue weighted by Gasteiger charge is 2.23. The standard InChI is InChI=1S/C14H27NO3/c1-11-4-2-3-5-14(11)18-10-13(16)8-15-12-6-7-17-9-12/h11-16H,2-10H2,1H3. The van der Waals surface area contributed by atoms with E-state index < -0.39 is 6.10 Å². The fourth-order valence-corrected chi connectivity index (χ4v) is 2.82. The minimum atomic E-state index is -0.403. The Labute approximate surface area is 110 Å². The summed E-state index contributed by atoms with van der Waals surface area (Å²) >= 11 is 0. The van der Waals surface area contributed by atoms with Gasteiger partial charge >= 0.3 is 0 Å². The highest BCUT2D eigenvalue weighted by atomic mass is 16.5. The maximum atomic E-state index is 9.90. The molecule has 0 aromatic heterocycles. The zero-order chi connectivity index (χ0) is 12.8. The van der Waals surface area contributed by atoms with Crippen LogP contribution in [0, 0.1) is 5.92 Å². The minimum Gasteiger partial charge on any atom is -0.389 e. The van der Waals surface area contributed by atoms with Crippen LogP contribution in [0.4, 0.5) is 0 Å². The average Bonchev–Trinajstić information content (AvgIpc) is 2.88. The van der Waals surface area contributed by atoms with E-state index in [9.17, 15) is 5.11 Å². The summed E-state index contributed by atoms with van der Waals surface area (Å²) in [5.41, 5.74) is 0. The Morgan fingerprint density at radius 1 is 1.33 bits per heavy atom. The molecule has 2 rings (SSSR count). The quantitative estimate of drug-likeness (QED) is 0.753. The number of aliphatic hydroxyl groups excluding tert-OH is 1. The molecule has 18 heavy (non-hydrogen) atoms. The third kappa shape index (κ3) is 4.50. The summed E-state index contributed by atoms with van der Waals surface area (Å²) in [5.74, 6) is 0.641. The summed E-state index contributed by atoms with van der Waals surface area (Å²) in [6, 6.07) is 0.410. The third-order valence-electron chi connectivity index (χ3n) is 4.11. The van der Waals surface area contributed by atoms with E-state index in [1.54, 1.807) is 0 Å². The lowest BCUT2D eigenvalue weighted by Gasteiger charge is -2.29. The van der Waals surface area contributed by atoms with Crippen molar-refractivity contribution < 1.29 is 14.6 Å². The topological polar surface area (TPSA) is 50.7 Å². The number of aliphatic hydroxyl groups is 1. The monoisotopic (exact) mass is 257 g/mol. The van der Waals surface area contributed by atoms with Crippen LogP contribution in [0.25, 0.3) is 0 Å². The molecule has 2 N–H and O–H groups in total. The van der Waals surface area contributed by atoms with Crippen molar-refractivity contribution in [1.29, 1.82) is 0 Å². The zero-order valence-corrected chi connectivity index (χ0v) is 11.4. The number of nitrogens with one attached hydrogen (secondary N) is 1. The van der Waals surface area contributed by atoms with Crippen LogP contribution < -0.4 is 5.32 Å². The lowest BCUT2D eigenvalue weighted by atomic mass is 9.88. The maximum Gasteiger partial charge on any atom is 0.0897 e. The summed E-state index contributed by atoms with van der Waals surface area (Å²) in [6.45, 7) is 4.92. The van der Waals surface area contributed by atoms with Gasteiger partial charge in [-0.25, -0.2) is 0 Å². The van der Waals surface area contributed by atoms with E-state index in [1.807, 2.05) is 0 Å². The van der Waals surface area contributed by atoms with Crippen LogP contribution in [-0.4, -0.2) is 49.7 Å². The molecule has 0 spiro atoms. The Balaban J connectivity index is 1.57. The fraction of sp³-hybridized carbons (Fsp3) is 1.00. The largest absolute Gasteiger partial charge is 0.389 e. The summed E-state index contributed by atoms with van der Waals surface area (Å²) in [5, 5.41) is 13.2. The van der Waals surface area contributed by atoms with Crippen LogP contribution in [0.15, 0.2) is 0 Å². The molecule has 0 radical (unpaired) electrons. The average molecular weight is 257 g/mol. The van der Waals surface area contributed by atoms with Crippen molar-refractivity contribution in [2.24, 2.45) is 5.92 Å². The van der Waals surface area contributed by atoms with Gasteiger partial charge in [-0.05, 0) is 25.2 Å². The summed E-state index contributed by atoms with van der Waals surface area (Å²) < 4.78 is 11.1. The van der Waals surface area contributed by atoms with E-state index in [0.717, 1.165) is 26.1 Å². The van der Waals surface area contributed by atoms with Gasteiger partial charge in [0.1, 0.15) is 0 Å². The first kappa shape index (κ1) is 14.3. The first-order chi connectivity index (χ1) is 8.75. The molecule has 0 aromatic carbocycles. The van der Waals surface area contributed by atoms with Gasteiger partial charge < -0.3 is 19.9 Å². The third-order valence-corrected chi connectivity index (χ3v) is 4.11. The molecule has 4 atom stereocenters. The lowest BCUT2D eigenvalue weighted by Crippen LogP contribution is -2.39. The second kappa shape index (κ2) is 7.43. The second-order valence-corrected chi connectivity index (χ2v) is 5.76. The van der Waals surface area contributed by atoms with Gasteiger partial charge in [0.25, 0.3) is 0 Å². The molecule has 2 aliphatic rings. The van der Waals surface area contributed by atoms with Crippen molar-refractivity contribution in [2.45, 2.75) is 57.3 Å². The second-order valence-electron chi connectivity index (χ2n) is 5.76. The van der Waals surface area contributed by atoms with Crippen molar-refractivity contribution in [1.82, 2.24) is 5.32 Å². The van der Waals surface area contributed by atoms with Gasteiger partial charge in [-0.3, -0.25) is 0 Å². The molecular formula is C14H27NO3. The van der Waals surface area contributed by atoms with Gasteiger partial charge in [0.05, 0.1) is 25.4 Å². The first-order valence-corrected chi connectivity index (χ1v) is 7.36. The van der Waals surface area contributed by atoms with Gasteiger partial charge in [-0.15, -0.1) is 0 Å². The van der Waals surface area contributed by atoms with Crippen molar-refractivity contribution >= 4 is 0 Å². The van der Waals surface area contributed by atoms with E-state index in [-0.39, 0.29) is 0 Å². The summed E-state index contributed by atoms with van der Waals surface area (Å²) in [4.78, 5) is 0. The highest BCUT2D eigenvalue weighted by Crippen LogP contribution is 2.26. The predicted molar refractivity (Wildman–Crippen MR) is 70.6 cm³/mol. The minimum absolute atomic E-state index is 0.350. The molecule has 4 heteroatoms. The van der Waals surface area contributed by atoms with Gasteiger partial charge in [0.15, 0.2) is 0 Å². The molecule has 1 aliphatic heterocycles. The Hall–Kier alpha value is -0.160. The van der Waals surface area contributed by atoms with Crippen LogP contribution >= 0.6 is 0 Å². The van der Waals surface area contributed by atoms with Crippen molar-refractivity contribution in [3.05, 3.63) is 0 Å². The smallest absolute Gasteiger partial charge is 0.0897 e. The molecular weight excluding hydrogens is 230 g/mol. The lowest BCUT2D eigenvalue weighted by molar-refractivity contribution is -0.0456. The normalized spacial score (nSPS) is 34.7. The molecule has 1 heterocycles. The van der Waals surface area contributed by atoms with E-state index in [0.29, 0.717) is 31.2 Å². The SMILES string of the molecule is CC1CCCCC1OCC(O)CNC1CCOC1. The number of ether oxygens (including phenoxy) is 2. The molecule has 0 aromatic rings. The van der Waals surface area contributed by atoms with E-state index >= 15 is 0 Å². The molecule has 1 saturated carbocycles. The Morgan fingerprint density at radius 2 is 2.17 bits per heavy atom. The van der Waals surface area contributed by atoms with E-state index in [2.05, 4.69) is 12.2 Å². The summed E-state index contributed by atoms with van der Waals surface area (Å²) in [7, 11) is 0. The van der Waals surface area contributed by atoms with Crippen LogP contribution in [0.1, 0.15) is 39.0 Å². The molecule has 0 bridgehead atoms. The number of hydrogen-bond acceptors (Lipinski definition) is 4. The predicted octanol–water partition coefficient (Wildman–Crippen LogP) is 1.32. The van der Waals surface area contributed by atoms with Crippen molar-refractivity contribution in [3.8, 4) is 0 Å². The van der Waals surface area contributed by atoms with Crippen molar-refractivity contribution in [2.75, 3.05) is 26.4 Å². The fourth-order valence-electron chi connectivity index (χ4n) is 2.82. The van der Waals surface area contributed by atoms with Crippen LogP contribution in [-0.2, 0) is 9.47 Å². The van der Waals surface area contributed by atoms with Crippen molar-refractivity contribution in [3.63, 3.8) is 0 Å². The summed E-state index contributed by atoms with van der Waals surface area (Å²) in [6.07, 6.45) is 6.00. The first-order valence-electron chi connectivity index (χ1n) is 7.36. The maximum absolute atomic E-state index is 9.90. The molecule has 106 valence electrons. The van der Waals surface area contributed by atoms with Gasteiger partial charge in [-0.2, -0.15) is 0 Å². The molecule has 4 unspecified atom stereocenters. The molecule has 1 aliphatic carbocycles. The molecule has 2 fully saturated rings. The van der Waals surface area contributed by atoms with Crippen LogP contribution in [0.2, 0.25) is 0 Å². The van der Waals surface area contributed by atoms with E-state index in [4.69, 9.17) is 9.47 Å².